The van der Waals surface area contributed by atoms with Crippen LogP contribution in [0.25, 0.3) is 0 Å². The molecule has 0 aliphatic heterocycles. The number of benzene rings is 1. The minimum absolute atomic E-state index is 0.164. The Morgan fingerprint density at radius 1 is 1.42 bits per heavy atom. The molecule has 0 N–H and O–H groups in total. The molecule has 6 nitrogen and oxygen atoms in total. The fourth-order valence-electron chi connectivity index (χ4n) is 1.76. The van der Waals surface area contributed by atoms with Gasteiger partial charge in [-0.15, -0.1) is 0 Å². The van der Waals surface area contributed by atoms with E-state index >= 15 is 0 Å². The normalized spacial score (nSPS) is 9.74. The molecular weight excluding hydrogens is 248 g/mol. The van der Waals surface area contributed by atoms with Gasteiger partial charge in [-0.25, -0.2) is 0 Å². The van der Waals surface area contributed by atoms with Crippen LogP contribution >= 0.6 is 0 Å². The molecule has 0 aliphatic carbocycles. The summed E-state index contributed by atoms with van der Waals surface area (Å²) in [7, 11) is 0. The average molecular weight is 262 g/mol. The second-order valence-electron chi connectivity index (χ2n) is 3.84. The summed E-state index contributed by atoms with van der Waals surface area (Å²) in [6, 6.07) is 4.68. The van der Waals surface area contributed by atoms with E-state index in [-0.39, 0.29) is 29.8 Å². The third-order valence-electron chi connectivity index (χ3n) is 2.64. The number of nitro groups is 1. The van der Waals surface area contributed by atoms with Crippen LogP contribution in [-0.2, 0) is 22.4 Å². The molecule has 6 heteroatoms. The zero-order valence-corrected chi connectivity index (χ0v) is 10.8. The van der Waals surface area contributed by atoms with Crippen molar-refractivity contribution in [1.29, 1.82) is 5.26 Å². The lowest BCUT2D eigenvalue weighted by molar-refractivity contribution is -0.385. The molecule has 0 aromatic heterocycles. The van der Waals surface area contributed by atoms with E-state index in [0.29, 0.717) is 12.0 Å². The molecule has 0 heterocycles. The van der Waals surface area contributed by atoms with Crippen molar-refractivity contribution in [2.24, 2.45) is 0 Å². The number of carbonyl (C=O) groups excluding carboxylic acids is 1. The molecule has 0 atom stereocenters. The number of rotatable bonds is 5. The minimum atomic E-state index is -0.588. The fourth-order valence-corrected chi connectivity index (χ4v) is 1.76. The Kier molecular flexibility index (Phi) is 5.01. The largest absolute Gasteiger partial charge is 0.466 e. The molecule has 19 heavy (non-hydrogen) atoms. The van der Waals surface area contributed by atoms with E-state index in [1.165, 1.54) is 12.1 Å². The van der Waals surface area contributed by atoms with Crippen LogP contribution in [0.4, 0.5) is 5.69 Å². The van der Waals surface area contributed by atoms with Crippen LogP contribution in [-0.4, -0.2) is 17.5 Å². The van der Waals surface area contributed by atoms with Crippen molar-refractivity contribution < 1.29 is 14.5 Å². The quantitative estimate of drug-likeness (QED) is 0.460. The van der Waals surface area contributed by atoms with Crippen LogP contribution in [0, 0.1) is 21.4 Å². The van der Waals surface area contributed by atoms with Crippen LogP contribution in [0.15, 0.2) is 12.1 Å². The third-order valence-corrected chi connectivity index (χ3v) is 2.64. The van der Waals surface area contributed by atoms with Crippen molar-refractivity contribution in [3.8, 4) is 6.07 Å². The molecule has 1 aromatic carbocycles. The summed E-state index contributed by atoms with van der Waals surface area (Å²) >= 11 is 0. The van der Waals surface area contributed by atoms with E-state index in [9.17, 15) is 14.9 Å². The van der Waals surface area contributed by atoms with E-state index in [2.05, 4.69) is 0 Å². The lowest BCUT2D eigenvalue weighted by atomic mass is 9.99. The van der Waals surface area contributed by atoms with Gasteiger partial charge in [-0.2, -0.15) is 5.26 Å². The second kappa shape index (κ2) is 6.50. The zero-order chi connectivity index (χ0) is 14.4. The van der Waals surface area contributed by atoms with Crippen molar-refractivity contribution in [3.63, 3.8) is 0 Å². The summed E-state index contributed by atoms with van der Waals surface area (Å²) in [5, 5.41) is 19.9. The first-order chi connectivity index (χ1) is 9.03. The average Bonchev–Trinajstić information content (AvgIpc) is 2.38. The number of hydrogen-bond donors (Lipinski definition) is 0. The highest BCUT2D eigenvalue weighted by Crippen LogP contribution is 2.24. The minimum Gasteiger partial charge on any atom is -0.466 e. The first kappa shape index (κ1) is 14.6. The SMILES string of the molecule is CCOC(=O)Cc1cc(CC)c(C#N)cc1[N+](=O)[O-]. The summed E-state index contributed by atoms with van der Waals surface area (Å²) in [6.07, 6.45) is 0.402. The van der Waals surface area contributed by atoms with Gasteiger partial charge in [0.1, 0.15) is 0 Å². The lowest BCUT2D eigenvalue weighted by Gasteiger charge is -2.07. The molecular formula is C13H14N2O4. The monoisotopic (exact) mass is 262 g/mol. The predicted molar refractivity (Wildman–Crippen MR) is 67.5 cm³/mol. The van der Waals surface area contributed by atoms with E-state index in [0.717, 1.165) is 0 Å². The maximum Gasteiger partial charge on any atom is 0.310 e. The van der Waals surface area contributed by atoms with E-state index in [4.69, 9.17) is 10.00 Å². The Morgan fingerprint density at radius 3 is 2.58 bits per heavy atom. The topological polar surface area (TPSA) is 93.2 Å². The highest BCUT2D eigenvalue weighted by molar-refractivity contribution is 5.74. The van der Waals surface area contributed by atoms with Gasteiger partial charge in [0.15, 0.2) is 0 Å². The van der Waals surface area contributed by atoms with Crippen molar-refractivity contribution in [2.75, 3.05) is 6.61 Å². The molecule has 0 amide bonds. The molecule has 0 fully saturated rings. The fraction of sp³-hybridized carbons (Fsp3) is 0.385. The standard InChI is InChI=1S/C13H14N2O4/c1-3-9-5-10(7-13(16)19-4-2)12(15(17)18)6-11(9)8-14/h5-6H,3-4,7H2,1-2H3. The van der Waals surface area contributed by atoms with Gasteiger partial charge in [0, 0.05) is 11.6 Å². The van der Waals surface area contributed by atoms with Gasteiger partial charge in [-0.1, -0.05) is 6.92 Å². The Bertz CT molecular complexity index is 546. The van der Waals surface area contributed by atoms with Crippen LogP contribution in [0.5, 0.6) is 0 Å². The van der Waals surface area contributed by atoms with Crippen LogP contribution in [0.2, 0.25) is 0 Å². The highest BCUT2D eigenvalue weighted by atomic mass is 16.6. The van der Waals surface area contributed by atoms with Crippen molar-refractivity contribution in [3.05, 3.63) is 38.9 Å². The van der Waals surface area contributed by atoms with Gasteiger partial charge in [-0.3, -0.25) is 14.9 Å². The van der Waals surface area contributed by atoms with Crippen molar-refractivity contribution in [1.82, 2.24) is 0 Å². The Morgan fingerprint density at radius 2 is 2.11 bits per heavy atom. The Hall–Kier alpha value is -2.42. The van der Waals surface area contributed by atoms with Gasteiger partial charge in [-0.05, 0) is 25.0 Å². The first-order valence-corrected chi connectivity index (χ1v) is 5.89. The molecule has 0 saturated carbocycles. The van der Waals surface area contributed by atoms with Gasteiger partial charge in [0.25, 0.3) is 5.69 Å². The number of nitrogens with zero attached hydrogens (tertiary/aromatic N) is 2. The van der Waals surface area contributed by atoms with E-state index < -0.39 is 10.9 Å². The number of nitriles is 1. The summed E-state index contributed by atoms with van der Waals surface area (Å²) in [5.74, 6) is -0.516. The Labute approximate surface area is 110 Å². The molecule has 1 rings (SSSR count). The number of esters is 1. The molecule has 0 radical (unpaired) electrons. The smallest absolute Gasteiger partial charge is 0.310 e. The summed E-state index contributed by atoms with van der Waals surface area (Å²) in [6.45, 7) is 3.74. The zero-order valence-electron chi connectivity index (χ0n) is 10.8. The van der Waals surface area contributed by atoms with Crippen molar-refractivity contribution in [2.45, 2.75) is 26.7 Å². The molecule has 0 aliphatic rings. The van der Waals surface area contributed by atoms with Crippen LogP contribution < -0.4 is 0 Å². The van der Waals surface area contributed by atoms with E-state index in [1.54, 1.807) is 6.92 Å². The van der Waals surface area contributed by atoms with E-state index in [1.807, 2.05) is 13.0 Å². The van der Waals surface area contributed by atoms with Gasteiger partial charge < -0.3 is 4.74 Å². The third kappa shape index (κ3) is 3.52. The molecule has 100 valence electrons. The summed E-state index contributed by atoms with van der Waals surface area (Å²) < 4.78 is 4.78. The predicted octanol–water partition coefficient (Wildman–Crippen LogP) is 2.13. The number of aryl methyl sites for hydroxylation is 1. The van der Waals surface area contributed by atoms with Gasteiger partial charge in [0.2, 0.25) is 0 Å². The van der Waals surface area contributed by atoms with Crippen LogP contribution in [0.3, 0.4) is 0 Å². The maximum absolute atomic E-state index is 11.4. The van der Waals surface area contributed by atoms with Crippen LogP contribution in [0.1, 0.15) is 30.5 Å². The highest BCUT2D eigenvalue weighted by Gasteiger charge is 2.20. The first-order valence-electron chi connectivity index (χ1n) is 5.89. The number of ether oxygens (including phenoxy) is 1. The summed E-state index contributed by atoms with van der Waals surface area (Å²) in [5.41, 5.74) is 1.01. The van der Waals surface area contributed by atoms with Gasteiger partial charge >= 0.3 is 5.97 Å². The Balaban J connectivity index is 3.24. The molecule has 0 spiro atoms. The second-order valence-corrected chi connectivity index (χ2v) is 3.84. The van der Waals surface area contributed by atoms with Crippen molar-refractivity contribution >= 4 is 11.7 Å². The molecule has 0 bridgehead atoms. The number of hydrogen-bond acceptors (Lipinski definition) is 5. The number of carbonyl (C=O) groups is 1. The molecule has 1 aromatic rings. The van der Waals surface area contributed by atoms with Gasteiger partial charge in [0.05, 0.1) is 29.6 Å². The lowest BCUT2D eigenvalue weighted by Crippen LogP contribution is -2.10. The molecule has 0 saturated heterocycles. The molecule has 0 unspecified atom stereocenters. The number of nitro benzene ring substituents is 1. The maximum atomic E-state index is 11.4. The summed E-state index contributed by atoms with van der Waals surface area (Å²) in [4.78, 5) is 21.8.